The minimum Gasteiger partial charge on any atom is -0.497 e. The zero-order chi connectivity index (χ0) is 21.6. The molecule has 3 amide bonds. The van der Waals surface area contributed by atoms with E-state index in [1.165, 1.54) is 11.3 Å². The number of methoxy groups -OCH3 is 1. The predicted molar refractivity (Wildman–Crippen MR) is 119 cm³/mol. The van der Waals surface area contributed by atoms with Gasteiger partial charge in [-0.1, -0.05) is 53.8 Å². The van der Waals surface area contributed by atoms with Gasteiger partial charge in [-0.25, -0.2) is 4.79 Å². The fraction of sp³-hybridized carbons (Fsp3) is 0.273. The number of nitrogens with one attached hydrogen (secondary N) is 2. The quantitative estimate of drug-likeness (QED) is 0.615. The van der Waals surface area contributed by atoms with Crippen molar-refractivity contribution in [1.29, 1.82) is 0 Å². The number of benzene rings is 2. The number of hydrogen-bond acceptors (Lipinski definition) is 6. The first-order valence-electron chi connectivity index (χ1n) is 10.0. The molecule has 1 aliphatic heterocycles. The van der Waals surface area contributed by atoms with Crippen LogP contribution in [0.15, 0.2) is 54.6 Å². The molecule has 0 radical (unpaired) electrons. The lowest BCUT2D eigenvalue weighted by Gasteiger charge is -2.23. The van der Waals surface area contributed by atoms with Gasteiger partial charge in [-0.05, 0) is 30.5 Å². The number of carbonyl (C=O) groups excluding carboxylic acids is 2. The molecule has 1 aliphatic rings. The molecule has 1 atom stereocenters. The third kappa shape index (κ3) is 5.00. The van der Waals surface area contributed by atoms with Gasteiger partial charge in [-0.3, -0.25) is 10.1 Å². The second kappa shape index (κ2) is 9.57. The molecule has 3 aromatic rings. The summed E-state index contributed by atoms with van der Waals surface area (Å²) in [5.74, 6) is 0.474. The molecule has 1 unspecified atom stereocenters. The molecular weight excluding hydrogens is 414 g/mol. The number of amides is 3. The average molecular weight is 438 g/mol. The number of nitrogens with zero attached hydrogens (tertiary/aromatic N) is 3. The van der Waals surface area contributed by atoms with Gasteiger partial charge >= 0.3 is 6.03 Å². The van der Waals surface area contributed by atoms with Crippen LogP contribution in [0.25, 0.3) is 10.6 Å². The highest BCUT2D eigenvalue weighted by Gasteiger charge is 2.34. The van der Waals surface area contributed by atoms with E-state index in [4.69, 9.17) is 4.74 Å². The van der Waals surface area contributed by atoms with E-state index in [1.54, 1.807) is 12.0 Å². The fourth-order valence-electron chi connectivity index (χ4n) is 3.49. The van der Waals surface area contributed by atoms with Crippen molar-refractivity contribution >= 4 is 28.4 Å². The lowest BCUT2D eigenvalue weighted by atomic mass is 10.2. The number of hydrogen-bond donors (Lipinski definition) is 2. The van der Waals surface area contributed by atoms with Crippen molar-refractivity contribution in [2.45, 2.75) is 25.4 Å². The maximum atomic E-state index is 12.8. The lowest BCUT2D eigenvalue weighted by molar-refractivity contribution is -0.119. The van der Waals surface area contributed by atoms with Crippen LogP contribution in [0.5, 0.6) is 5.75 Å². The van der Waals surface area contributed by atoms with Crippen LogP contribution in [-0.4, -0.2) is 46.7 Å². The minimum absolute atomic E-state index is 0.240. The standard InChI is InChI=1S/C22H23N5O3S/c1-30-17-10-5-9-16(13-17)20-25-26-21(31-20)24-19(28)18-11-6-12-27(18)22(29)23-14-15-7-3-2-4-8-15/h2-5,7-10,13,18H,6,11-12,14H2,1H3,(H,23,29)(H,24,26,28). The first-order chi connectivity index (χ1) is 15.1. The molecule has 160 valence electrons. The fourth-order valence-corrected chi connectivity index (χ4v) is 4.24. The molecule has 0 saturated carbocycles. The molecule has 1 saturated heterocycles. The highest BCUT2D eigenvalue weighted by molar-refractivity contribution is 7.18. The second-order valence-electron chi connectivity index (χ2n) is 7.13. The van der Waals surface area contributed by atoms with Gasteiger partial charge in [0, 0.05) is 18.7 Å². The van der Waals surface area contributed by atoms with E-state index in [0.29, 0.717) is 29.6 Å². The maximum absolute atomic E-state index is 12.8. The van der Waals surface area contributed by atoms with Crippen molar-refractivity contribution in [2.75, 3.05) is 19.0 Å². The van der Waals surface area contributed by atoms with Crippen molar-refractivity contribution in [3.05, 3.63) is 60.2 Å². The summed E-state index contributed by atoms with van der Waals surface area (Å²) in [7, 11) is 1.61. The molecule has 9 heteroatoms. The summed E-state index contributed by atoms with van der Waals surface area (Å²) in [5, 5.41) is 15.0. The van der Waals surface area contributed by atoms with Gasteiger partial charge in [-0.15, -0.1) is 10.2 Å². The van der Waals surface area contributed by atoms with Gasteiger partial charge in [0.2, 0.25) is 11.0 Å². The molecule has 0 spiro atoms. The zero-order valence-corrected chi connectivity index (χ0v) is 17.9. The molecule has 2 heterocycles. The van der Waals surface area contributed by atoms with E-state index >= 15 is 0 Å². The number of likely N-dealkylation sites (tertiary alicyclic amines) is 1. The summed E-state index contributed by atoms with van der Waals surface area (Å²) >= 11 is 1.28. The largest absolute Gasteiger partial charge is 0.497 e. The molecule has 0 aliphatic carbocycles. The van der Waals surface area contributed by atoms with E-state index in [0.717, 1.165) is 23.3 Å². The van der Waals surface area contributed by atoms with Gasteiger partial charge in [0.05, 0.1) is 7.11 Å². The van der Waals surface area contributed by atoms with Gasteiger partial charge in [-0.2, -0.15) is 0 Å². The highest BCUT2D eigenvalue weighted by atomic mass is 32.1. The van der Waals surface area contributed by atoms with Crippen LogP contribution in [0.2, 0.25) is 0 Å². The summed E-state index contributed by atoms with van der Waals surface area (Å²) in [4.78, 5) is 27.1. The Kier molecular flexibility index (Phi) is 6.42. The van der Waals surface area contributed by atoms with E-state index in [9.17, 15) is 9.59 Å². The highest BCUT2D eigenvalue weighted by Crippen LogP contribution is 2.29. The van der Waals surface area contributed by atoms with Crippen LogP contribution in [-0.2, 0) is 11.3 Å². The molecule has 2 aromatic carbocycles. The topological polar surface area (TPSA) is 96.5 Å². The minimum atomic E-state index is -0.528. The number of ether oxygens (including phenoxy) is 1. The molecule has 31 heavy (non-hydrogen) atoms. The van der Waals surface area contributed by atoms with Crippen molar-refractivity contribution < 1.29 is 14.3 Å². The van der Waals surface area contributed by atoms with E-state index < -0.39 is 6.04 Å². The first kappa shape index (κ1) is 20.8. The molecule has 8 nitrogen and oxygen atoms in total. The monoisotopic (exact) mass is 437 g/mol. The Morgan fingerprint density at radius 3 is 2.81 bits per heavy atom. The average Bonchev–Trinajstić information content (AvgIpc) is 3.48. The van der Waals surface area contributed by atoms with Crippen LogP contribution in [0, 0.1) is 0 Å². The van der Waals surface area contributed by atoms with E-state index in [1.807, 2.05) is 54.6 Å². The van der Waals surface area contributed by atoms with Gasteiger partial charge < -0.3 is 15.0 Å². The Labute approximate surface area is 184 Å². The van der Waals surface area contributed by atoms with Crippen LogP contribution < -0.4 is 15.4 Å². The van der Waals surface area contributed by atoms with Crippen LogP contribution in [0.4, 0.5) is 9.93 Å². The number of rotatable bonds is 6. The lowest BCUT2D eigenvalue weighted by Crippen LogP contribution is -2.47. The Morgan fingerprint density at radius 1 is 1.16 bits per heavy atom. The first-order valence-corrected chi connectivity index (χ1v) is 10.8. The number of aromatic nitrogens is 2. The van der Waals surface area contributed by atoms with Crippen molar-refractivity contribution in [3.63, 3.8) is 0 Å². The summed E-state index contributed by atoms with van der Waals surface area (Å²) in [5.41, 5.74) is 1.87. The molecule has 1 fully saturated rings. The second-order valence-corrected chi connectivity index (χ2v) is 8.11. The van der Waals surface area contributed by atoms with E-state index in [-0.39, 0.29) is 11.9 Å². The summed E-state index contributed by atoms with van der Waals surface area (Å²) < 4.78 is 5.24. The molecule has 2 N–H and O–H groups in total. The summed E-state index contributed by atoms with van der Waals surface area (Å²) in [6, 6.07) is 16.4. The van der Waals surface area contributed by atoms with E-state index in [2.05, 4.69) is 20.8 Å². The Hall–Kier alpha value is -3.46. The van der Waals surface area contributed by atoms with Crippen molar-refractivity contribution in [3.8, 4) is 16.3 Å². The van der Waals surface area contributed by atoms with Crippen LogP contribution in [0.1, 0.15) is 18.4 Å². The Morgan fingerprint density at radius 2 is 2.00 bits per heavy atom. The van der Waals surface area contributed by atoms with Crippen molar-refractivity contribution in [2.24, 2.45) is 0 Å². The molecule has 4 rings (SSSR count). The molecular formula is C22H23N5O3S. The third-order valence-corrected chi connectivity index (χ3v) is 5.96. The third-order valence-electron chi connectivity index (χ3n) is 5.07. The van der Waals surface area contributed by atoms with Crippen LogP contribution in [0.3, 0.4) is 0 Å². The van der Waals surface area contributed by atoms with Gasteiger partial charge in [0.15, 0.2) is 0 Å². The Balaban J connectivity index is 1.37. The normalized spacial score (nSPS) is 15.5. The van der Waals surface area contributed by atoms with Gasteiger partial charge in [0.25, 0.3) is 0 Å². The molecule has 0 bridgehead atoms. The molecule has 1 aromatic heterocycles. The van der Waals surface area contributed by atoms with Gasteiger partial charge in [0.1, 0.15) is 16.8 Å². The zero-order valence-electron chi connectivity index (χ0n) is 17.1. The SMILES string of the molecule is COc1cccc(-c2nnc(NC(=O)C3CCCN3C(=O)NCc3ccccc3)s2)c1. The Bertz CT molecular complexity index is 1060. The van der Waals surface area contributed by atoms with Crippen LogP contribution >= 0.6 is 11.3 Å². The predicted octanol–water partition coefficient (Wildman–Crippen LogP) is 3.53. The number of anilines is 1. The summed E-state index contributed by atoms with van der Waals surface area (Å²) in [6.07, 6.45) is 1.40. The number of urea groups is 1. The summed E-state index contributed by atoms with van der Waals surface area (Å²) in [6.45, 7) is 0.967. The number of carbonyl (C=O) groups is 2. The van der Waals surface area contributed by atoms with Crippen molar-refractivity contribution in [1.82, 2.24) is 20.4 Å². The maximum Gasteiger partial charge on any atom is 0.318 e. The smallest absolute Gasteiger partial charge is 0.318 e.